The van der Waals surface area contributed by atoms with Gasteiger partial charge < -0.3 is 0 Å². The Bertz CT molecular complexity index is 178. The van der Waals surface area contributed by atoms with Gasteiger partial charge in [0.1, 0.15) is 0 Å². The highest BCUT2D eigenvalue weighted by atomic mass is 15.2. The van der Waals surface area contributed by atoms with Crippen LogP contribution in [0.5, 0.6) is 0 Å². The zero-order chi connectivity index (χ0) is 11.4. The molecule has 2 aliphatic carbocycles. The number of unbranched alkanes of at least 4 members (excludes halogenated alkanes) is 1. The number of rotatable bonds is 7. The predicted octanol–water partition coefficient (Wildman–Crippen LogP) is 4.22. The van der Waals surface area contributed by atoms with Crippen molar-refractivity contribution in [2.75, 3.05) is 6.54 Å². The lowest BCUT2D eigenvalue weighted by Crippen LogP contribution is -2.49. The first-order valence-corrected chi connectivity index (χ1v) is 7.53. The minimum Gasteiger partial charge on any atom is -0.297 e. The van der Waals surface area contributed by atoms with E-state index in [0.29, 0.717) is 0 Å². The van der Waals surface area contributed by atoms with E-state index in [1.807, 2.05) is 0 Å². The van der Waals surface area contributed by atoms with E-state index in [1.54, 1.807) is 0 Å². The van der Waals surface area contributed by atoms with E-state index in [-0.39, 0.29) is 0 Å². The van der Waals surface area contributed by atoms with Crippen molar-refractivity contribution in [3.05, 3.63) is 0 Å². The number of nitrogens with zero attached hydrogens (tertiary/aromatic N) is 1. The minimum absolute atomic E-state index is 0.890. The van der Waals surface area contributed by atoms with Crippen molar-refractivity contribution in [2.24, 2.45) is 5.92 Å². The SMILES string of the molecule is CC(C)CCCCN(C1CCC1)C1CCC1. The molecule has 0 heterocycles. The summed E-state index contributed by atoms with van der Waals surface area (Å²) in [5.41, 5.74) is 0. The lowest BCUT2D eigenvalue weighted by atomic mass is 9.84. The second kappa shape index (κ2) is 6.05. The van der Waals surface area contributed by atoms with Gasteiger partial charge in [0.05, 0.1) is 0 Å². The van der Waals surface area contributed by atoms with Crippen LogP contribution in [0.3, 0.4) is 0 Å². The van der Waals surface area contributed by atoms with Gasteiger partial charge >= 0.3 is 0 Å². The third kappa shape index (κ3) is 3.23. The largest absolute Gasteiger partial charge is 0.297 e. The summed E-state index contributed by atoms with van der Waals surface area (Å²) in [6, 6.07) is 1.95. The Morgan fingerprint density at radius 1 is 0.938 bits per heavy atom. The third-order valence-electron chi connectivity index (χ3n) is 4.54. The van der Waals surface area contributed by atoms with Crippen LogP contribution in [0.4, 0.5) is 0 Å². The van der Waals surface area contributed by atoms with Crippen molar-refractivity contribution in [3.8, 4) is 0 Å². The van der Waals surface area contributed by atoms with E-state index in [2.05, 4.69) is 18.7 Å². The number of hydrogen-bond donors (Lipinski definition) is 0. The first kappa shape index (κ1) is 12.4. The van der Waals surface area contributed by atoms with Gasteiger partial charge in [0.2, 0.25) is 0 Å². The Balaban J connectivity index is 1.65. The van der Waals surface area contributed by atoms with Gasteiger partial charge in [-0.25, -0.2) is 0 Å². The second-order valence-corrected chi connectivity index (χ2v) is 6.30. The standard InChI is InChI=1S/C15H29N/c1-13(2)7-3-4-12-16(14-8-5-9-14)15-10-6-11-15/h13-15H,3-12H2,1-2H3. The normalized spacial score (nSPS) is 22.5. The van der Waals surface area contributed by atoms with Gasteiger partial charge in [-0.3, -0.25) is 4.90 Å². The molecule has 16 heavy (non-hydrogen) atoms. The van der Waals surface area contributed by atoms with Crippen LogP contribution in [-0.2, 0) is 0 Å². The molecule has 2 rings (SSSR count). The monoisotopic (exact) mass is 223 g/mol. The fourth-order valence-corrected chi connectivity index (χ4v) is 2.95. The predicted molar refractivity (Wildman–Crippen MR) is 70.7 cm³/mol. The van der Waals surface area contributed by atoms with Gasteiger partial charge in [-0.05, 0) is 44.6 Å². The molecule has 0 aromatic carbocycles. The first-order valence-electron chi connectivity index (χ1n) is 7.53. The van der Waals surface area contributed by atoms with E-state index in [0.717, 1.165) is 18.0 Å². The van der Waals surface area contributed by atoms with Gasteiger partial charge in [0, 0.05) is 12.1 Å². The van der Waals surface area contributed by atoms with Gasteiger partial charge in [-0.1, -0.05) is 39.5 Å². The lowest BCUT2D eigenvalue weighted by Gasteiger charge is -2.46. The molecular formula is C15H29N. The van der Waals surface area contributed by atoms with E-state index in [1.165, 1.54) is 64.3 Å². The molecule has 1 heteroatoms. The Hall–Kier alpha value is -0.0400. The van der Waals surface area contributed by atoms with E-state index in [4.69, 9.17) is 0 Å². The highest BCUT2D eigenvalue weighted by Gasteiger charge is 2.32. The van der Waals surface area contributed by atoms with Crippen LogP contribution in [0.25, 0.3) is 0 Å². The summed E-state index contributed by atoms with van der Waals surface area (Å²) >= 11 is 0. The third-order valence-corrected chi connectivity index (χ3v) is 4.54. The zero-order valence-electron chi connectivity index (χ0n) is 11.3. The highest BCUT2D eigenvalue weighted by Crippen LogP contribution is 2.33. The molecule has 0 aliphatic heterocycles. The summed E-state index contributed by atoms with van der Waals surface area (Å²) in [5, 5.41) is 0. The van der Waals surface area contributed by atoms with Crippen molar-refractivity contribution in [1.29, 1.82) is 0 Å². The maximum atomic E-state index is 2.87. The maximum absolute atomic E-state index is 2.87. The molecule has 0 aromatic rings. The van der Waals surface area contributed by atoms with Crippen LogP contribution in [0.1, 0.15) is 71.6 Å². The van der Waals surface area contributed by atoms with Crippen molar-refractivity contribution in [2.45, 2.75) is 83.7 Å². The van der Waals surface area contributed by atoms with Gasteiger partial charge in [0.15, 0.2) is 0 Å². The van der Waals surface area contributed by atoms with Crippen LogP contribution >= 0.6 is 0 Å². The van der Waals surface area contributed by atoms with Crippen LogP contribution < -0.4 is 0 Å². The summed E-state index contributed by atoms with van der Waals surface area (Å²) in [7, 11) is 0. The van der Waals surface area contributed by atoms with Crippen molar-refractivity contribution >= 4 is 0 Å². The van der Waals surface area contributed by atoms with E-state index in [9.17, 15) is 0 Å². The van der Waals surface area contributed by atoms with Crippen LogP contribution in [0, 0.1) is 5.92 Å². The molecule has 2 aliphatic rings. The number of hydrogen-bond acceptors (Lipinski definition) is 1. The molecule has 2 fully saturated rings. The molecule has 0 radical (unpaired) electrons. The molecule has 0 atom stereocenters. The minimum atomic E-state index is 0.890. The maximum Gasteiger partial charge on any atom is 0.00982 e. The summed E-state index contributed by atoms with van der Waals surface area (Å²) in [5.74, 6) is 0.890. The van der Waals surface area contributed by atoms with E-state index >= 15 is 0 Å². The molecular weight excluding hydrogens is 194 g/mol. The Morgan fingerprint density at radius 2 is 1.50 bits per heavy atom. The Labute approximate surface area is 102 Å². The van der Waals surface area contributed by atoms with Crippen LogP contribution in [0.2, 0.25) is 0 Å². The van der Waals surface area contributed by atoms with Crippen molar-refractivity contribution < 1.29 is 0 Å². The molecule has 0 aromatic heterocycles. The molecule has 0 amide bonds. The molecule has 2 saturated carbocycles. The second-order valence-electron chi connectivity index (χ2n) is 6.30. The molecule has 0 spiro atoms. The molecule has 94 valence electrons. The molecule has 0 saturated heterocycles. The van der Waals surface area contributed by atoms with Gasteiger partial charge in [-0.2, -0.15) is 0 Å². The van der Waals surface area contributed by atoms with Crippen molar-refractivity contribution in [1.82, 2.24) is 4.90 Å². The highest BCUT2D eigenvalue weighted by molar-refractivity contribution is 4.88. The van der Waals surface area contributed by atoms with Gasteiger partial charge in [0.25, 0.3) is 0 Å². The average molecular weight is 223 g/mol. The lowest BCUT2D eigenvalue weighted by molar-refractivity contribution is 0.0389. The van der Waals surface area contributed by atoms with Gasteiger partial charge in [-0.15, -0.1) is 0 Å². The smallest absolute Gasteiger partial charge is 0.00982 e. The fraction of sp³-hybridized carbons (Fsp3) is 1.00. The molecule has 0 bridgehead atoms. The summed E-state index contributed by atoms with van der Waals surface area (Å²) in [6.07, 6.45) is 13.2. The van der Waals surface area contributed by atoms with Crippen LogP contribution in [0.15, 0.2) is 0 Å². The van der Waals surface area contributed by atoms with Crippen molar-refractivity contribution in [3.63, 3.8) is 0 Å². The topological polar surface area (TPSA) is 3.24 Å². The zero-order valence-corrected chi connectivity index (χ0v) is 11.3. The molecule has 0 unspecified atom stereocenters. The summed E-state index contributed by atoms with van der Waals surface area (Å²) in [4.78, 5) is 2.87. The van der Waals surface area contributed by atoms with Crippen LogP contribution in [-0.4, -0.2) is 23.5 Å². The molecule has 1 nitrogen and oxygen atoms in total. The fourth-order valence-electron chi connectivity index (χ4n) is 2.95. The van der Waals surface area contributed by atoms with E-state index < -0.39 is 0 Å². The summed E-state index contributed by atoms with van der Waals surface area (Å²) in [6.45, 7) is 6.08. The Kier molecular flexibility index (Phi) is 4.69. The first-order chi connectivity index (χ1) is 7.77. The average Bonchev–Trinajstić information content (AvgIpc) is 2.05. The summed E-state index contributed by atoms with van der Waals surface area (Å²) < 4.78 is 0. The quantitative estimate of drug-likeness (QED) is 0.584. The Morgan fingerprint density at radius 3 is 1.88 bits per heavy atom. The molecule has 0 N–H and O–H groups in total.